The molecule has 0 radical (unpaired) electrons. The first kappa shape index (κ1) is 19.9. The molecular weight excluding hydrogens is 339 g/mol. The first-order valence-corrected chi connectivity index (χ1v) is 8.57. The molecule has 0 saturated carbocycles. The molecule has 0 saturated heterocycles. The summed E-state index contributed by atoms with van der Waals surface area (Å²) in [7, 11) is 0. The van der Waals surface area contributed by atoms with Crippen molar-refractivity contribution in [1.82, 2.24) is 4.90 Å². The van der Waals surface area contributed by atoms with Gasteiger partial charge in [-0.15, -0.1) is 0 Å². The molecule has 0 unspecified atom stereocenters. The average Bonchev–Trinajstić information content (AvgIpc) is 2.46. The van der Waals surface area contributed by atoms with Crippen molar-refractivity contribution in [2.75, 3.05) is 0 Å². The molecule has 0 bridgehead atoms. The molecule has 0 N–H and O–H groups in total. The molecule has 1 aromatic carbocycles. The van der Waals surface area contributed by atoms with E-state index in [1.165, 1.54) is 12.1 Å². The molecule has 0 fully saturated rings. The smallest absolute Gasteiger partial charge is 0.411 e. The van der Waals surface area contributed by atoms with Gasteiger partial charge in [0.05, 0.1) is 11.0 Å². The molecule has 1 aliphatic heterocycles. The number of halogens is 1. The summed E-state index contributed by atoms with van der Waals surface area (Å²) in [4.78, 5) is 24.3. The lowest BCUT2D eigenvalue weighted by atomic mass is 9.89. The predicted octanol–water partition coefficient (Wildman–Crippen LogP) is 4.84. The van der Waals surface area contributed by atoms with Gasteiger partial charge in [0, 0.05) is 12.1 Å². The summed E-state index contributed by atoms with van der Waals surface area (Å²) in [6, 6.07) is 2.09. The lowest BCUT2D eigenvalue weighted by Crippen LogP contribution is -2.48. The normalized spacial score (nSPS) is 20.6. The number of amides is 1. The number of nitrogens with zero attached hydrogens (tertiary/aromatic N) is 2. The zero-order chi connectivity index (χ0) is 19.8. The lowest BCUT2D eigenvalue weighted by molar-refractivity contribution is -0.387. The van der Waals surface area contributed by atoms with Gasteiger partial charge in [-0.25, -0.2) is 4.79 Å². The molecule has 2 atom stereocenters. The highest BCUT2D eigenvalue weighted by molar-refractivity contribution is 5.75. The standard InChI is InChI=1S/C19H25FN2O4/c1-11-7-17(22(24)25)16(20)10-15(11)14-8-12(2)21(13(3)9-14)18(23)26-19(4,5)6/h7-8,10,12-13H,9H2,1-6H3/t12-,13+/m0/s1. The third-order valence-corrected chi connectivity index (χ3v) is 4.31. The van der Waals surface area contributed by atoms with E-state index in [9.17, 15) is 19.3 Å². The van der Waals surface area contributed by atoms with Gasteiger partial charge < -0.3 is 4.74 Å². The minimum Gasteiger partial charge on any atom is -0.444 e. The van der Waals surface area contributed by atoms with E-state index in [0.717, 1.165) is 5.57 Å². The van der Waals surface area contributed by atoms with E-state index in [2.05, 4.69) is 0 Å². The van der Waals surface area contributed by atoms with Crippen LogP contribution in [0.1, 0.15) is 52.2 Å². The zero-order valence-electron chi connectivity index (χ0n) is 16.0. The van der Waals surface area contributed by atoms with Gasteiger partial charge in [0.1, 0.15) is 5.60 Å². The monoisotopic (exact) mass is 364 g/mol. The Hall–Kier alpha value is -2.44. The third-order valence-electron chi connectivity index (χ3n) is 4.31. The fourth-order valence-electron chi connectivity index (χ4n) is 3.27. The second-order valence-electron chi connectivity index (χ2n) is 7.75. The van der Waals surface area contributed by atoms with Crippen LogP contribution in [0, 0.1) is 22.9 Å². The summed E-state index contributed by atoms with van der Waals surface area (Å²) in [6.07, 6.45) is 2.01. The van der Waals surface area contributed by atoms with Crippen LogP contribution in [0.15, 0.2) is 18.2 Å². The van der Waals surface area contributed by atoms with Gasteiger partial charge in [-0.05, 0) is 70.7 Å². The zero-order valence-corrected chi connectivity index (χ0v) is 16.0. The largest absolute Gasteiger partial charge is 0.444 e. The maximum absolute atomic E-state index is 14.1. The van der Waals surface area contributed by atoms with Crippen LogP contribution in [0.3, 0.4) is 0 Å². The maximum atomic E-state index is 14.1. The fraction of sp³-hybridized carbons (Fsp3) is 0.526. The van der Waals surface area contributed by atoms with Gasteiger partial charge in [0.15, 0.2) is 0 Å². The van der Waals surface area contributed by atoms with Crippen molar-refractivity contribution < 1.29 is 18.8 Å². The van der Waals surface area contributed by atoms with Gasteiger partial charge >= 0.3 is 11.8 Å². The lowest BCUT2D eigenvalue weighted by Gasteiger charge is -2.39. The Balaban J connectivity index is 2.34. The molecule has 26 heavy (non-hydrogen) atoms. The highest BCUT2D eigenvalue weighted by atomic mass is 19.1. The summed E-state index contributed by atoms with van der Waals surface area (Å²) in [5, 5.41) is 10.9. The highest BCUT2D eigenvalue weighted by Crippen LogP contribution is 2.34. The van der Waals surface area contributed by atoms with Crippen LogP contribution in [0.2, 0.25) is 0 Å². The van der Waals surface area contributed by atoms with Gasteiger partial charge in [-0.3, -0.25) is 15.0 Å². The van der Waals surface area contributed by atoms with Crippen molar-refractivity contribution >= 4 is 17.4 Å². The molecule has 1 amide bonds. The van der Waals surface area contributed by atoms with Gasteiger partial charge in [-0.2, -0.15) is 4.39 Å². The molecule has 6 nitrogen and oxygen atoms in total. The quantitative estimate of drug-likeness (QED) is 0.556. The van der Waals surface area contributed by atoms with Crippen LogP contribution >= 0.6 is 0 Å². The number of nitro groups is 1. The first-order valence-electron chi connectivity index (χ1n) is 8.57. The Bertz CT molecular complexity index is 768. The molecule has 1 aromatic rings. The van der Waals surface area contributed by atoms with E-state index >= 15 is 0 Å². The van der Waals surface area contributed by atoms with E-state index in [1.807, 2.05) is 40.7 Å². The van der Waals surface area contributed by atoms with Crippen LogP contribution in [-0.2, 0) is 4.74 Å². The van der Waals surface area contributed by atoms with Crippen molar-refractivity contribution in [1.29, 1.82) is 0 Å². The minimum absolute atomic E-state index is 0.141. The average molecular weight is 364 g/mol. The van der Waals surface area contributed by atoms with Crippen molar-refractivity contribution in [2.24, 2.45) is 0 Å². The van der Waals surface area contributed by atoms with E-state index in [0.29, 0.717) is 17.5 Å². The summed E-state index contributed by atoms with van der Waals surface area (Å²) in [5.74, 6) is -0.855. The van der Waals surface area contributed by atoms with E-state index in [-0.39, 0.29) is 18.2 Å². The van der Waals surface area contributed by atoms with Crippen LogP contribution in [0.4, 0.5) is 14.9 Å². The number of hydrogen-bond donors (Lipinski definition) is 0. The van der Waals surface area contributed by atoms with Crippen LogP contribution in [-0.4, -0.2) is 33.6 Å². The number of ether oxygens (including phenoxy) is 1. The van der Waals surface area contributed by atoms with Crippen LogP contribution in [0.5, 0.6) is 0 Å². The predicted molar refractivity (Wildman–Crippen MR) is 97.4 cm³/mol. The molecule has 0 aromatic heterocycles. The van der Waals surface area contributed by atoms with Gasteiger partial charge in [0.25, 0.3) is 0 Å². The molecule has 1 heterocycles. The Morgan fingerprint density at radius 1 is 1.35 bits per heavy atom. The number of rotatable bonds is 2. The molecule has 7 heteroatoms. The molecule has 0 aliphatic carbocycles. The minimum atomic E-state index is -0.855. The second-order valence-corrected chi connectivity index (χ2v) is 7.75. The highest BCUT2D eigenvalue weighted by Gasteiger charge is 2.33. The topological polar surface area (TPSA) is 72.7 Å². The van der Waals surface area contributed by atoms with Crippen LogP contribution in [0.25, 0.3) is 5.57 Å². The van der Waals surface area contributed by atoms with Crippen molar-refractivity contribution in [3.05, 3.63) is 45.3 Å². The number of carbonyl (C=O) groups excluding carboxylic acids is 1. The van der Waals surface area contributed by atoms with Gasteiger partial charge in [0.2, 0.25) is 5.82 Å². The second kappa shape index (κ2) is 7.05. The summed E-state index contributed by atoms with van der Waals surface area (Å²) < 4.78 is 19.5. The Kier molecular flexibility index (Phi) is 5.39. The maximum Gasteiger partial charge on any atom is 0.411 e. The first-order chi connectivity index (χ1) is 11.9. The summed E-state index contributed by atoms with van der Waals surface area (Å²) in [5.41, 5.74) is 1.03. The Labute approximate surface area is 152 Å². The summed E-state index contributed by atoms with van der Waals surface area (Å²) >= 11 is 0. The van der Waals surface area contributed by atoms with Crippen molar-refractivity contribution in [2.45, 2.75) is 65.6 Å². The van der Waals surface area contributed by atoms with E-state index in [4.69, 9.17) is 4.74 Å². The molecular formula is C19H25FN2O4. The van der Waals surface area contributed by atoms with Gasteiger partial charge in [-0.1, -0.05) is 6.08 Å². The van der Waals surface area contributed by atoms with Crippen molar-refractivity contribution in [3.63, 3.8) is 0 Å². The molecule has 142 valence electrons. The number of aryl methyl sites for hydroxylation is 1. The Morgan fingerprint density at radius 3 is 2.46 bits per heavy atom. The van der Waals surface area contributed by atoms with Crippen molar-refractivity contribution in [3.8, 4) is 0 Å². The van der Waals surface area contributed by atoms with E-state index in [1.54, 1.807) is 11.8 Å². The van der Waals surface area contributed by atoms with E-state index < -0.39 is 22.0 Å². The van der Waals surface area contributed by atoms with Crippen LogP contribution < -0.4 is 0 Å². The number of benzene rings is 1. The Morgan fingerprint density at radius 2 is 1.96 bits per heavy atom. The third kappa shape index (κ3) is 4.20. The number of hydrogen-bond acceptors (Lipinski definition) is 4. The molecule has 0 spiro atoms. The fourth-order valence-corrected chi connectivity index (χ4v) is 3.27. The molecule has 1 aliphatic rings. The number of carbonyl (C=O) groups is 1. The summed E-state index contributed by atoms with van der Waals surface area (Å²) in [6.45, 7) is 10.9. The molecule has 2 rings (SSSR count). The SMILES string of the molecule is Cc1cc([N+](=O)[O-])c(F)cc1C1=C[C@H](C)N(C(=O)OC(C)(C)C)[C@H](C)C1. The number of nitro benzene ring substituents is 1.